The third-order valence-electron chi connectivity index (χ3n) is 3.67. The van der Waals surface area contributed by atoms with Crippen molar-refractivity contribution in [1.82, 2.24) is 4.90 Å². The number of nitrogens with two attached hydrogens (primary N) is 1. The smallest absolute Gasteiger partial charge is 0.118 e. The zero-order chi connectivity index (χ0) is 14.8. The minimum atomic E-state index is 0.778. The van der Waals surface area contributed by atoms with Gasteiger partial charge in [-0.1, -0.05) is 24.3 Å². The number of furan rings is 1. The van der Waals surface area contributed by atoms with Crippen LogP contribution in [0.1, 0.15) is 17.1 Å². The largest absolute Gasteiger partial charge is 0.465 e. The fraction of sp³-hybridized carbons (Fsp3) is 0.222. The van der Waals surface area contributed by atoms with E-state index in [4.69, 9.17) is 10.2 Å². The lowest BCUT2D eigenvalue weighted by Gasteiger charge is -2.17. The van der Waals surface area contributed by atoms with Crippen LogP contribution < -0.4 is 5.73 Å². The van der Waals surface area contributed by atoms with Gasteiger partial charge < -0.3 is 10.2 Å². The Hall–Kier alpha value is -2.26. The molecule has 0 atom stereocenters. The summed E-state index contributed by atoms with van der Waals surface area (Å²) in [6.45, 7) is 3.54. The molecule has 3 rings (SSSR count). The van der Waals surface area contributed by atoms with Crippen molar-refractivity contribution in [2.75, 3.05) is 12.8 Å². The van der Waals surface area contributed by atoms with E-state index in [0.29, 0.717) is 0 Å². The molecule has 0 saturated heterocycles. The fourth-order valence-electron chi connectivity index (χ4n) is 2.62. The minimum absolute atomic E-state index is 0.778. The topological polar surface area (TPSA) is 42.4 Å². The fourth-order valence-corrected chi connectivity index (χ4v) is 2.62. The summed E-state index contributed by atoms with van der Waals surface area (Å²) in [6, 6.07) is 16.5. The number of hydrogen-bond acceptors (Lipinski definition) is 3. The normalized spacial score (nSPS) is 11.4. The number of benzene rings is 2. The lowest BCUT2D eigenvalue weighted by molar-refractivity contribution is 0.286. The van der Waals surface area contributed by atoms with Crippen molar-refractivity contribution in [1.29, 1.82) is 0 Å². The summed E-state index contributed by atoms with van der Waals surface area (Å²) < 4.78 is 5.62. The van der Waals surface area contributed by atoms with E-state index < -0.39 is 0 Å². The van der Waals surface area contributed by atoms with Crippen molar-refractivity contribution >= 4 is 16.5 Å². The molecule has 3 heteroatoms. The maximum Gasteiger partial charge on any atom is 0.118 e. The van der Waals surface area contributed by atoms with Gasteiger partial charge in [-0.15, -0.1) is 0 Å². The van der Waals surface area contributed by atoms with Crippen LogP contribution in [0, 0.1) is 6.92 Å². The van der Waals surface area contributed by atoms with Gasteiger partial charge in [0.15, 0.2) is 0 Å². The highest BCUT2D eigenvalue weighted by molar-refractivity contribution is 5.86. The van der Waals surface area contributed by atoms with Crippen LogP contribution in [0.2, 0.25) is 0 Å². The minimum Gasteiger partial charge on any atom is -0.465 e. The standard InChI is InChI=1S/C18H20N2O/c1-13-7-8-17(21-13)12-20(2)11-16-9-14-5-3-4-6-15(14)10-18(16)19/h3-10H,11-12,19H2,1-2H3. The maximum absolute atomic E-state index is 6.18. The van der Waals surface area contributed by atoms with Crippen molar-refractivity contribution in [3.8, 4) is 0 Å². The van der Waals surface area contributed by atoms with Gasteiger partial charge in [-0.25, -0.2) is 0 Å². The SMILES string of the molecule is Cc1ccc(CN(C)Cc2cc3ccccc3cc2N)o1. The Kier molecular flexibility index (Phi) is 3.67. The molecule has 1 heterocycles. The molecule has 2 aromatic carbocycles. The van der Waals surface area contributed by atoms with Gasteiger partial charge in [0.2, 0.25) is 0 Å². The van der Waals surface area contributed by atoms with E-state index in [1.807, 2.05) is 25.1 Å². The van der Waals surface area contributed by atoms with E-state index in [0.717, 1.165) is 35.9 Å². The lowest BCUT2D eigenvalue weighted by Crippen LogP contribution is -2.17. The van der Waals surface area contributed by atoms with Crippen LogP contribution >= 0.6 is 0 Å². The predicted octanol–water partition coefficient (Wildman–Crippen LogP) is 3.96. The Balaban J connectivity index is 1.79. The predicted molar refractivity (Wildman–Crippen MR) is 87.0 cm³/mol. The highest BCUT2D eigenvalue weighted by Crippen LogP contribution is 2.23. The van der Waals surface area contributed by atoms with Gasteiger partial charge in [0, 0.05) is 12.2 Å². The molecule has 1 aromatic heterocycles. The average Bonchev–Trinajstić information content (AvgIpc) is 2.85. The van der Waals surface area contributed by atoms with Gasteiger partial charge in [0.05, 0.1) is 6.54 Å². The zero-order valence-corrected chi connectivity index (χ0v) is 12.5. The number of nitrogens with zero attached hydrogens (tertiary/aromatic N) is 1. The molecule has 21 heavy (non-hydrogen) atoms. The Morgan fingerprint density at radius 3 is 2.38 bits per heavy atom. The molecule has 0 radical (unpaired) electrons. The van der Waals surface area contributed by atoms with E-state index in [-0.39, 0.29) is 0 Å². The number of aryl methyl sites for hydroxylation is 1. The second-order valence-electron chi connectivity index (χ2n) is 5.58. The van der Waals surface area contributed by atoms with E-state index >= 15 is 0 Å². The number of anilines is 1. The van der Waals surface area contributed by atoms with Crippen molar-refractivity contribution in [2.45, 2.75) is 20.0 Å². The molecule has 0 unspecified atom stereocenters. The summed E-state index contributed by atoms with van der Waals surface area (Å²) in [5.74, 6) is 1.93. The van der Waals surface area contributed by atoms with Gasteiger partial charge in [-0.2, -0.15) is 0 Å². The molecule has 3 aromatic rings. The summed E-state index contributed by atoms with van der Waals surface area (Å²) >= 11 is 0. The van der Waals surface area contributed by atoms with Crippen LogP contribution in [-0.2, 0) is 13.1 Å². The number of hydrogen-bond donors (Lipinski definition) is 1. The Bertz CT molecular complexity index is 761. The van der Waals surface area contributed by atoms with E-state index in [2.05, 4.69) is 42.3 Å². The van der Waals surface area contributed by atoms with Crippen molar-refractivity contribution in [3.63, 3.8) is 0 Å². The molecule has 2 N–H and O–H groups in total. The van der Waals surface area contributed by atoms with Crippen LogP contribution in [0.5, 0.6) is 0 Å². The third kappa shape index (κ3) is 3.09. The lowest BCUT2D eigenvalue weighted by atomic mass is 10.0. The van der Waals surface area contributed by atoms with Crippen molar-refractivity contribution in [2.24, 2.45) is 0 Å². The molecule has 0 aliphatic heterocycles. The molecule has 0 spiro atoms. The molecular weight excluding hydrogens is 260 g/mol. The second kappa shape index (κ2) is 5.62. The van der Waals surface area contributed by atoms with Gasteiger partial charge in [0.25, 0.3) is 0 Å². The van der Waals surface area contributed by atoms with E-state index in [9.17, 15) is 0 Å². The molecule has 0 amide bonds. The molecule has 108 valence electrons. The highest BCUT2D eigenvalue weighted by Gasteiger charge is 2.08. The van der Waals surface area contributed by atoms with Crippen LogP contribution in [0.4, 0.5) is 5.69 Å². The second-order valence-corrected chi connectivity index (χ2v) is 5.58. The molecular formula is C18H20N2O. The Morgan fingerprint density at radius 1 is 1.00 bits per heavy atom. The van der Waals surface area contributed by atoms with Gasteiger partial charge in [-0.05, 0) is 54.6 Å². The molecule has 3 nitrogen and oxygen atoms in total. The van der Waals surface area contributed by atoms with Crippen LogP contribution in [0.3, 0.4) is 0 Å². The highest BCUT2D eigenvalue weighted by atomic mass is 16.3. The molecule has 0 aliphatic carbocycles. The Labute approximate surface area is 125 Å². The average molecular weight is 280 g/mol. The maximum atomic E-state index is 6.18. The van der Waals surface area contributed by atoms with Gasteiger partial charge in [0.1, 0.15) is 11.5 Å². The summed E-state index contributed by atoms with van der Waals surface area (Å²) in [5.41, 5.74) is 8.18. The first-order chi connectivity index (χ1) is 10.1. The first-order valence-electron chi connectivity index (χ1n) is 7.13. The van der Waals surface area contributed by atoms with Crippen molar-refractivity contribution < 1.29 is 4.42 Å². The molecule has 0 saturated carbocycles. The van der Waals surface area contributed by atoms with E-state index in [1.54, 1.807) is 0 Å². The van der Waals surface area contributed by atoms with Crippen LogP contribution in [0.15, 0.2) is 52.9 Å². The summed E-state index contributed by atoms with van der Waals surface area (Å²) in [7, 11) is 2.08. The van der Waals surface area contributed by atoms with E-state index in [1.165, 1.54) is 10.8 Å². The zero-order valence-electron chi connectivity index (χ0n) is 12.5. The first-order valence-corrected chi connectivity index (χ1v) is 7.13. The third-order valence-corrected chi connectivity index (χ3v) is 3.67. The Morgan fingerprint density at radius 2 is 1.71 bits per heavy atom. The molecule has 0 fully saturated rings. The summed E-state index contributed by atoms with van der Waals surface area (Å²) in [4.78, 5) is 2.21. The van der Waals surface area contributed by atoms with Crippen LogP contribution in [-0.4, -0.2) is 11.9 Å². The number of fused-ring (bicyclic) bond motifs is 1. The molecule has 0 bridgehead atoms. The molecule has 0 aliphatic rings. The first kappa shape index (κ1) is 13.7. The van der Waals surface area contributed by atoms with Gasteiger partial charge in [-0.3, -0.25) is 4.90 Å². The number of rotatable bonds is 4. The number of nitrogen functional groups attached to an aromatic ring is 1. The quantitative estimate of drug-likeness (QED) is 0.736. The van der Waals surface area contributed by atoms with Gasteiger partial charge >= 0.3 is 0 Å². The monoisotopic (exact) mass is 280 g/mol. The van der Waals surface area contributed by atoms with Crippen LogP contribution in [0.25, 0.3) is 10.8 Å². The summed E-state index contributed by atoms with van der Waals surface area (Å²) in [5, 5.41) is 2.41. The van der Waals surface area contributed by atoms with Crippen molar-refractivity contribution in [3.05, 3.63) is 65.6 Å². The summed E-state index contributed by atoms with van der Waals surface area (Å²) in [6.07, 6.45) is 0.